The van der Waals surface area contributed by atoms with Gasteiger partial charge in [-0.1, -0.05) is 53.3 Å². The van der Waals surface area contributed by atoms with Gasteiger partial charge in [-0.2, -0.15) is 0 Å². The number of carbonyl (C=O) groups excluding carboxylic acids is 3. The van der Waals surface area contributed by atoms with Gasteiger partial charge >= 0.3 is 17.9 Å². The molecular weight excluding hydrogens is 360 g/mol. The van der Waals surface area contributed by atoms with Crippen LogP contribution in [-0.2, 0) is 28.6 Å². The molecule has 0 aliphatic rings. The summed E-state index contributed by atoms with van der Waals surface area (Å²) in [4.78, 5) is 31.5. The van der Waals surface area contributed by atoms with E-state index in [0.717, 1.165) is 32.1 Å². The third-order valence-corrected chi connectivity index (χ3v) is 3.05. The number of hydrogen-bond acceptors (Lipinski definition) is 6. The molecule has 6 nitrogen and oxygen atoms in total. The Kier molecular flexibility index (Phi) is 24.6. The number of carbonyl (C=O) groups is 3. The first-order valence-electron chi connectivity index (χ1n) is 9.64. The molecule has 28 heavy (non-hydrogen) atoms. The summed E-state index contributed by atoms with van der Waals surface area (Å²) in [6.45, 7) is 20.6. The minimum absolute atomic E-state index is 0.00972. The Labute approximate surface area is 170 Å². The Hall–Kier alpha value is -2.37. The van der Waals surface area contributed by atoms with Gasteiger partial charge < -0.3 is 14.2 Å². The summed E-state index contributed by atoms with van der Waals surface area (Å²) in [7, 11) is 0. The third-order valence-electron chi connectivity index (χ3n) is 3.05. The summed E-state index contributed by atoms with van der Waals surface area (Å²) in [5.74, 6) is -0.957. The average molecular weight is 399 g/mol. The predicted octanol–water partition coefficient (Wildman–Crippen LogP) is 4.94. The lowest BCUT2D eigenvalue weighted by molar-refractivity contribution is -0.142. The Balaban J connectivity index is -0.000000336. The van der Waals surface area contributed by atoms with Crippen molar-refractivity contribution in [3.05, 3.63) is 37.5 Å². The van der Waals surface area contributed by atoms with Crippen LogP contribution in [0.5, 0.6) is 0 Å². The summed E-state index contributed by atoms with van der Waals surface area (Å²) in [6, 6.07) is 0. The molecule has 0 aromatic rings. The molecule has 0 heterocycles. The van der Waals surface area contributed by atoms with Crippen molar-refractivity contribution < 1.29 is 28.6 Å². The van der Waals surface area contributed by atoms with Crippen molar-refractivity contribution in [3.8, 4) is 0 Å². The number of unbranched alkanes of at least 4 members (excludes halogenated alkanes) is 2. The van der Waals surface area contributed by atoms with Gasteiger partial charge in [0.1, 0.15) is 0 Å². The summed E-state index contributed by atoms with van der Waals surface area (Å²) in [6.07, 6.45) is 7.16. The molecule has 0 N–H and O–H groups in total. The molecule has 6 heteroatoms. The topological polar surface area (TPSA) is 78.9 Å². The summed E-state index contributed by atoms with van der Waals surface area (Å²) in [5, 5.41) is 0. The van der Waals surface area contributed by atoms with Gasteiger partial charge in [0.15, 0.2) is 0 Å². The molecule has 162 valence electrons. The second-order valence-electron chi connectivity index (χ2n) is 5.85. The molecule has 0 fully saturated rings. The molecule has 0 aliphatic heterocycles. The van der Waals surface area contributed by atoms with Crippen LogP contribution in [-0.4, -0.2) is 37.2 Å². The molecule has 0 rings (SSSR count). The smallest absolute Gasteiger partial charge is 0.333 e. The third kappa shape index (κ3) is 25.9. The summed E-state index contributed by atoms with van der Waals surface area (Å²) >= 11 is 0. The minimum atomic E-state index is -0.343. The van der Waals surface area contributed by atoms with Crippen LogP contribution in [0.15, 0.2) is 37.5 Å². The number of ether oxygens (including phenoxy) is 3. The summed E-state index contributed by atoms with van der Waals surface area (Å²) < 4.78 is 14.3. The second-order valence-corrected chi connectivity index (χ2v) is 5.85. The monoisotopic (exact) mass is 398 g/mol. The van der Waals surface area contributed by atoms with Gasteiger partial charge in [0, 0.05) is 17.7 Å². The zero-order valence-corrected chi connectivity index (χ0v) is 18.3. The van der Waals surface area contributed by atoms with Crippen molar-refractivity contribution in [1.29, 1.82) is 0 Å². The number of hydrogen-bond donors (Lipinski definition) is 0. The fraction of sp³-hybridized carbons (Fsp3) is 0.591. The molecule has 1 unspecified atom stereocenters. The van der Waals surface area contributed by atoms with Gasteiger partial charge in [-0.25, -0.2) is 14.4 Å². The first-order chi connectivity index (χ1) is 13.2. The highest BCUT2D eigenvalue weighted by atomic mass is 16.5. The largest absolute Gasteiger partial charge is 0.463 e. The molecule has 0 aromatic carbocycles. The molecule has 0 saturated carbocycles. The SMILES string of the molecule is C=C(C)C(=O)OCCCC.C=CC(=O)OC(C)CC.C=CC(=O)OCCCC. The van der Waals surface area contributed by atoms with E-state index in [1.807, 2.05) is 20.8 Å². The van der Waals surface area contributed by atoms with Gasteiger partial charge in [-0.3, -0.25) is 0 Å². The van der Waals surface area contributed by atoms with Crippen LogP contribution in [0.25, 0.3) is 0 Å². The van der Waals surface area contributed by atoms with E-state index in [2.05, 4.69) is 31.4 Å². The molecule has 0 spiro atoms. The summed E-state index contributed by atoms with van der Waals surface area (Å²) in [5.41, 5.74) is 0.469. The van der Waals surface area contributed by atoms with Crippen LogP contribution < -0.4 is 0 Å². The maximum Gasteiger partial charge on any atom is 0.333 e. The van der Waals surface area contributed by atoms with Crippen LogP contribution in [0.4, 0.5) is 0 Å². The van der Waals surface area contributed by atoms with Crippen molar-refractivity contribution in [2.45, 2.75) is 72.8 Å². The molecule has 1 atom stereocenters. The highest BCUT2D eigenvalue weighted by Crippen LogP contribution is 1.96. The molecule has 0 saturated heterocycles. The lowest BCUT2D eigenvalue weighted by Gasteiger charge is -2.07. The first kappa shape index (κ1) is 30.4. The zero-order chi connectivity index (χ0) is 22.4. The number of rotatable bonds is 11. The van der Waals surface area contributed by atoms with Crippen molar-refractivity contribution >= 4 is 17.9 Å². The predicted molar refractivity (Wildman–Crippen MR) is 113 cm³/mol. The highest BCUT2D eigenvalue weighted by Gasteiger charge is 2.01. The van der Waals surface area contributed by atoms with E-state index in [-0.39, 0.29) is 24.0 Å². The van der Waals surface area contributed by atoms with Crippen molar-refractivity contribution in [3.63, 3.8) is 0 Å². The van der Waals surface area contributed by atoms with Gasteiger partial charge in [0.2, 0.25) is 0 Å². The molecule has 0 aromatic heterocycles. The molecule has 0 bridgehead atoms. The van der Waals surface area contributed by atoms with E-state index in [4.69, 9.17) is 9.47 Å². The van der Waals surface area contributed by atoms with Crippen LogP contribution in [0.1, 0.15) is 66.7 Å². The van der Waals surface area contributed by atoms with Crippen molar-refractivity contribution in [2.75, 3.05) is 13.2 Å². The standard InChI is InChI=1S/C8H14O2.2C7H12O2/c1-4-5-6-10-8(9)7(2)3;1-4-6(3)9-7(8)5-2;1-3-5-6-9-7(8)4-2/h2,4-6H2,1,3H3;5-6H,2,4H2,1,3H3;4H,2-3,5-6H2,1H3. The molecule has 0 radical (unpaired) electrons. The maximum atomic E-state index is 10.7. The Morgan fingerprint density at radius 3 is 1.71 bits per heavy atom. The van der Waals surface area contributed by atoms with Gasteiger partial charge in [0.25, 0.3) is 0 Å². The molecule has 0 aliphatic carbocycles. The molecule has 0 amide bonds. The van der Waals surface area contributed by atoms with E-state index < -0.39 is 0 Å². The normalized spacial score (nSPS) is 9.89. The fourth-order valence-corrected chi connectivity index (χ4v) is 1.14. The quantitative estimate of drug-likeness (QED) is 0.212. The Morgan fingerprint density at radius 2 is 1.36 bits per heavy atom. The molecular formula is C22H38O6. The Morgan fingerprint density at radius 1 is 0.893 bits per heavy atom. The lowest BCUT2D eigenvalue weighted by atomic mass is 10.3. The van der Waals surface area contributed by atoms with E-state index in [1.54, 1.807) is 6.92 Å². The van der Waals surface area contributed by atoms with E-state index >= 15 is 0 Å². The van der Waals surface area contributed by atoms with Gasteiger partial charge in [0.05, 0.1) is 19.3 Å². The van der Waals surface area contributed by atoms with Crippen LogP contribution in [0, 0.1) is 0 Å². The maximum absolute atomic E-state index is 10.7. The van der Waals surface area contributed by atoms with Crippen LogP contribution >= 0.6 is 0 Å². The van der Waals surface area contributed by atoms with Crippen LogP contribution in [0.3, 0.4) is 0 Å². The first-order valence-corrected chi connectivity index (χ1v) is 9.64. The van der Waals surface area contributed by atoms with Gasteiger partial charge in [-0.15, -0.1) is 0 Å². The zero-order valence-electron chi connectivity index (χ0n) is 18.3. The van der Waals surface area contributed by atoms with Crippen molar-refractivity contribution in [1.82, 2.24) is 0 Å². The fourth-order valence-electron chi connectivity index (χ4n) is 1.14. The highest BCUT2D eigenvalue weighted by molar-refractivity contribution is 5.86. The second kappa shape index (κ2) is 22.7. The Bertz CT molecular complexity index is 468. The van der Waals surface area contributed by atoms with Crippen LogP contribution in [0.2, 0.25) is 0 Å². The number of esters is 3. The van der Waals surface area contributed by atoms with E-state index in [9.17, 15) is 14.4 Å². The average Bonchev–Trinajstić information content (AvgIpc) is 2.68. The van der Waals surface area contributed by atoms with Gasteiger partial charge in [-0.05, 0) is 33.1 Å². The lowest BCUT2D eigenvalue weighted by Crippen LogP contribution is -2.10. The minimum Gasteiger partial charge on any atom is -0.463 e. The van der Waals surface area contributed by atoms with E-state index in [1.165, 1.54) is 12.2 Å². The van der Waals surface area contributed by atoms with Crippen molar-refractivity contribution in [2.24, 2.45) is 0 Å². The van der Waals surface area contributed by atoms with E-state index in [0.29, 0.717) is 18.8 Å².